The molecular formula is C34H42Cl2N6O. The Labute approximate surface area is 266 Å². The Hall–Kier alpha value is -3.85. The van der Waals surface area contributed by atoms with Gasteiger partial charge in [-0.2, -0.15) is 0 Å². The summed E-state index contributed by atoms with van der Waals surface area (Å²) in [5.74, 6) is 8.89. The normalized spacial score (nSPS) is 9.63. The first-order valence-electron chi connectivity index (χ1n) is 14.1. The molecule has 2 aromatic heterocycles. The lowest BCUT2D eigenvalue weighted by Gasteiger charge is -2.13. The van der Waals surface area contributed by atoms with E-state index in [1.165, 1.54) is 0 Å². The Morgan fingerprint density at radius 2 is 1.26 bits per heavy atom. The summed E-state index contributed by atoms with van der Waals surface area (Å²) in [7, 11) is 0. The molecule has 228 valence electrons. The van der Waals surface area contributed by atoms with E-state index in [2.05, 4.69) is 76.3 Å². The van der Waals surface area contributed by atoms with Crippen molar-refractivity contribution in [1.29, 1.82) is 0 Å². The van der Waals surface area contributed by atoms with Gasteiger partial charge in [-0.3, -0.25) is 14.9 Å². The molecule has 0 bridgehead atoms. The molecule has 0 aliphatic heterocycles. The van der Waals surface area contributed by atoms with Crippen LogP contribution in [-0.4, -0.2) is 67.5 Å². The zero-order chi connectivity index (χ0) is 31.9. The highest BCUT2D eigenvalue weighted by molar-refractivity contribution is 6.31. The van der Waals surface area contributed by atoms with E-state index < -0.39 is 0 Å². The van der Waals surface area contributed by atoms with Gasteiger partial charge in [-0.05, 0) is 74.7 Å². The standard InChI is InChI=1S/C17H20ClN3.C12H9ClN2.C4H11N.CH2O/c1-3-21(4-2)12-6-5-10-19-16-9-11-20-17-13-14(18)7-8-15(16)17;1-2-6-14-11-5-7-15-12-8-9(13)3-4-10(11)12;1-3-5-4-2;1-2/h7-9,11,13H,3-4,10,12H2,1-2H3,(H,19,20);1,3-5,7-8H,6H2,(H,14,15);5H,3-4H2,1-2H3;1H2. The van der Waals surface area contributed by atoms with E-state index in [-0.39, 0.29) is 0 Å². The number of carbonyl (C=O) groups excluding carboxylic acids is 1. The molecule has 0 radical (unpaired) electrons. The van der Waals surface area contributed by atoms with Crippen LogP contribution in [0.3, 0.4) is 0 Å². The number of benzene rings is 2. The van der Waals surface area contributed by atoms with Crippen LogP contribution in [0.25, 0.3) is 21.8 Å². The third-order valence-corrected chi connectivity index (χ3v) is 6.45. The van der Waals surface area contributed by atoms with Gasteiger partial charge in [0.1, 0.15) is 6.79 Å². The molecule has 0 unspecified atom stereocenters. The van der Waals surface area contributed by atoms with Gasteiger partial charge in [-0.25, -0.2) is 0 Å². The molecule has 0 spiro atoms. The molecule has 0 amide bonds. The van der Waals surface area contributed by atoms with Crippen LogP contribution in [-0.2, 0) is 4.79 Å². The van der Waals surface area contributed by atoms with Crippen LogP contribution in [0.4, 0.5) is 11.4 Å². The number of nitrogens with one attached hydrogen (secondary N) is 3. The number of anilines is 2. The van der Waals surface area contributed by atoms with Crippen molar-refractivity contribution in [2.75, 3.05) is 56.4 Å². The van der Waals surface area contributed by atoms with Gasteiger partial charge in [0.05, 0.1) is 30.7 Å². The fraction of sp³-hybridized carbons (Fsp3) is 0.324. The zero-order valence-corrected chi connectivity index (χ0v) is 27.0. The van der Waals surface area contributed by atoms with Crippen LogP contribution in [0.5, 0.6) is 0 Å². The van der Waals surface area contributed by atoms with Crippen molar-refractivity contribution in [1.82, 2.24) is 20.2 Å². The van der Waals surface area contributed by atoms with Crippen molar-refractivity contribution >= 4 is 63.2 Å². The number of hydrogen-bond acceptors (Lipinski definition) is 7. The number of fused-ring (bicyclic) bond motifs is 2. The third kappa shape index (κ3) is 13.8. The minimum atomic E-state index is 0.502. The third-order valence-electron chi connectivity index (χ3n) is 5.98. The van der Waals surface area contributed by atoms with E-state index in [1.807, 2.05) is 55.3 Å². The maximum absolute atomic E-state index is 8.00. The molecule has 43 heavy (non-hydrogen) atoms. The maximum atomic E-state index is 8.00. The lowest BCUT2D eigenvalue weighted by atomic mass is 10.2. The number of nitrogens with zero attached hydrogens (tertiary/aromatic N) is 3. The molecule has 4 rings (SSSR count). The van der Waals surface area contributed by atoms with E-state index in [1.54, 1.807) is 12.4 Å². The second-order valence-electron chi connectivity index (χ2n) is 8.72. The first-order valence-corrected chi connectivity index (χ1v) is 14.9. The van der Waals surface area contributed by atoms with Crippen LogP contribution in [0, 0.1) is 24.2 Å². The summed E-state index contributed by atoms with van der Waals surface area (Å²) >= 11 is 11.9. The number of hydrogen-bond donors (Lipinski definition) is 3. The molecule has 0 saturated heterocycles. The SMILES string of the molecule is C#CCNc1ccnc2cc(Cl)ccc12.C=O.CCN(CC)CC#CCNc1ccnc2cc(Cl)ccc12.CCNCC. The van der Waals surface area contributed by atoms with Gasteiger partial charge in [0.25, 0.3) is 0 Å². The molecule has 2 heterocycles. The van der Waals surface area contributed by atoms with Crippen LogP contribution in [0.15, 0.2) is 60.9 Å². The Bertz CT molecular complexity index is 1470. The molecule has 0 atom stereocenters. The summed E-state index contributed by atoms with van der Waals surface area (Å²) in [5, 5.41) is 13.1. The predicted octanol–water partition coefficient (Wildman–Crippen LogP) is 7.01. The monoisotopic (exact) mass is 620 g/mol. The van der Waals surface area contributed by atoms with E-state index in [0.717, 1.165) is 65.9 Å². The lowest BCUT2D eigenvalue weighted by Crippen LogP contribution is -2.23. The van der Waals surface area contributed by atoms with Gasteiger partial charge < -0.3 is 20.7 Å². The van der Waals surface area contributed by atoms with E-state index in [0.29, 0.717) is 23.1 Å². The fourth-order valence-electron chi connectivity index (χ4n) is 3.76. The van der Waals surface area contributed by atoms with E-state index >= 15 is 0 Å². The summed E-state index contributed by atoms with van der Waals surface area (Å²) in [6.45, 7) is 16.7. The fourth-order valence-corrected chi connectivity index (χ4v) is 4.10. The average molecular weight is 622 g/mol. The summed E-state index contributed by atoms with van der Waals surface area (Å²) in [5.41, 5.74) is 3.77. The first-order chi connectivity index (χ1) is 21.0. The Morgan fingerprint density at radius 3 is 1.67 bits per heavy atom. The molecule has 7 nitrogen and oxygen atoms in total. The summed E-state index contributed by atoms with van der Waals surface area (Å²) in [6.07, 6.45) is 8.71. The van der Waals surface area contributed by atoms with Gasteiger partial charge in [-0.1, -0.05) is 68.7 Å². The van der Waals surface area contributed by atoms with Crippen molar-refractivity contribution in [3.8, 4) is 24.2 Å². The van der Waals surface area contributed by atoms with Crippen molar-refractivity contribution in [3.63, 3.8) is 0 Å². The maximum Gasteiger partial charge on any atom is 0.106 e. The van der Waals surface area contributed by atoms with Gasteiger partial charge in [-0.15, -0.1) is 6.42 Å². The highest BCUT2D eigenvalue weighted by atomic mass is 35.5. The largest absolute Gasteiger partial charge is 0.374 e. The van der Waals surface area contributed by atoms with Crippen LogP contribution in [0.1, 0.15) is 27.7 Å². The zero-order valence-electron chi connectivity index (χ0n) is 25.5. The van der Waals surface area contributed by atoms with Gasteiger partial charge in [0.2, 0.25) is 0 Å². The highest BCUT2D eigenvalue weighted by Gasteiger charge is 2.02. The van der Waals surface area contributed by atoms with E-state index in [9.17, 15) is 0 Å². The number of terminal acetylenes is 1. The van der Waals surface area contributed by atoms with Crippen molar-refractivity contribution < 1.29 is 4.79 Å². The molecule has 0 saturated carbocycles. The predicted molar refractivity (Wildman–Crippen MR) is 186 cm³/mol. The van der Waals surface area contributed by atoms with Gasteiger partial charge in [0, 0.05) is 44.6 Å². The van der Waals surface area contributed by atoms with E-state index in [4.69, 9.17) is 34.4 Å². The second kappa shape index (κ2) is 22.7. The van der Waals surface area contributed by atoms with Crippen LogP contribution in [0.2, 0.25) is 10.0 Å². The van der Waals surface area contributed by atoms with Gasteiger partial charge >= 0.3 is 0 Å². The molecule has 9 heteroatoms. The Morgan fingerprint density at radius 1 is 0.767 bits per heavy atom. The minimum absolute atomic E-state index is 0.502. The van der Waals surface area contributed by atoms with Crippen LogP contribution < -0.4 is 16.0 Å². The molecule has 4 aromatic rings. The van der Waals surface area contributed by atoms with Crippen molar-refractivity contribution in [2.45, 2.75) is 27.7 Å². The van der Waals surface area contributed by atoms with Crippen molar-refractivity contribution in [2.24, 2.45) is 0 Å². The summed E-state index contributed by atoms with van der Waals surface area (Å²) in [6, 6.07) is 15.2. The summed E-state index contributed by atoms with van der Waals surface area (Å²) < 4.78 is 0. The molecule has 2 aromatic carbocycles. The molecule has 3 N–H and O–H groups in total. The smallest absolute Gasteiger partial charge is 0.106 e. The van der Waals surface area contributed by atoms with Crippen LogP contribution >= 0.6 is 23.2 Å². The van der Waals surface area contributed by atoms with Gasteiger partial charge in [0.15, 0.2) is 0 Å². The molecular weight excluding hydrogens is 579 g/mol. The Kier molecular flexibility index (Phi) is 19.6. The number of halogens is 2. The molecule has 0 fully saturated rings. The summed E-state index contributed by atoms with van der Waals surface area (Å²) in [4.78, 5) is 18.8. The number of carbonyl (C=O) groups is 1. The highest BCUT2D eigenvalue weighted by Crippen LogP contribution is 2.25. The number of rotatable bonds is 9. The Balaban J connectivity index is 0.000000366. The quantitative estimate of drug-likeness (QED) is 0.174. The lowest BCUT2D eigenvalue weighted by molar-refractivity contribution is -0.0980. The second-order valence-corrected chi connectivity index (χ2v) is 9.60. The minimum Gasteiger partial charge on any atom is -0.374 e. The molecule has 0 aliphatic carbocycles. The average Bonchev–Trinajstić information content (AvgIpc) is 3.03. The number of pyridine rings is 2. The number of aromatic nitrogens is 2. The first kappa shape index (κ1) is 37.2. The topological polar surface area (TPSA) is 82.2 Å². The van der Waals surface area contributed by atoms with Crippen molar-refractivity contribution in [3.05, 3.63) is 71.0 Å². The molecule has 0 aliphatic rings.